The van der Waals surface area contributed by atoms with E-state index >= 15 is 0 Å². The smallest absolute Gasteiger partial charge is 0.214 e. The van der Waals surface area contributed by atoms with Crippen LogP contribution in [-0.2, 0) is 0 Å². The Hall–Kier alpha value is -2.07. The molecule has 2 aromatic carbocycles. The van der Waals surface area contributed by atoms with Crippen LogP contribution in [0.1, 0.15) is 17.0 Å². The molecule has 0 saturated heterocycles. The predicted molar refractivity (Wildman–Crippen MR) is 73.3 cm³/mol. The van der Waals surface area contributed by atoms with Crippen molar-refractivity contribution in [1.82, 2.24) is 0 Å². The maximum absolute atomic E-state index is 10.8. The second kappa shape index (κ2) is 5.71. The summed E-state index contributed by atoms with van der Waals surface area (Å²) in [6, 6.07) is 13.5. The maximum atomic E-state index is 10.8. The number of para-hydroxylation sites is 1. The van der Waals surface area contributed by atoms with Gasteiger partial charge >= 0.3 is 0 Å². The molecule has 0 fully saturated rings. The number of nitro groups is 1. The molecule has 0 heterocycles. The fourth-order valence-electron chi connectivity index (χ4n) is 2.01. The van der Waals surface area contributed by atoms with Crippen LogP contribution in [0.5, 0.6) is 5.75 Å². The number of phenolic OH excluding ortho intramolecular Hbond substituents is 1. The lowest BCUT2D eigenvalue weighted by Gasteiger charge is -2.15. The molecule has 98 valence electrons. The zero-order valence-electron chi connectivity index (χ0n) is 9.99. The Morgan fingerprint density at radius 2 is 1.79 bits per heavy atom. The summed E-state index contributed by atoms with van der Waals surface area (Å²) in [6.45, 7) is -0.279. The molecule has 19 heavy (non-hydrogen) atoms. The van der Waals surface area contributed by atoms with Gasteiger partial charge in [0, 0.05) is 15.5 Å². The Balaban J connectivity index is 2.44. The van der Waals surface area contributed by atoms with Gasteiger partial charge in [0.15, 0.2) is 0 Å². The summed E-state index contributed by atoms with van der Waals surface area (Å²) in [5.41, 5.74) is 1.30. The number of hydrogen-bond donors (Lipinski definition) is 1. The lowest BCUT2D eigenvalue weighted by molar-refractivity contribution is -0.481. The first-order valence-electron chi connectivity index (χ1n) is 5.73. The molecule has 0 radical (unpaired) electrons. The van der Waals surface area contributed by atoms with Gasteiger partial charge in [0.1, 0.15) is 5.75 Å². The average molecular weight is 278 g/mol. The molecular weight excluding hydrogens is 266 g/mol. The minimum atomic E-state index is -0.492. The van der Waals surface area contributed by atoms with E-state index in [1.165, 1.54) is 6.07 Å². The van der Waals surface area contributed by atoms with Crippen molar-refractivity contribution in [2.75, 3.05) is 6.54 Å². The fourth-order valence-corrected chi connectivity index (χ4v) is 2.14. The van der Waals surface area contributed by atoms with E-state index in [0.29, 0.717) is 10.6 Å². The number of aromatic hydroxyl groups is 1. The second-order valence-corrected chi connectivity index (χ2v) is 4.61. The van der Waals surface area contributed by atoms with Crippen LogP contribution in [-0.4, -0.2) is 16.6 Å². The molecular formula is C14H12ClNO3. The molecule has 5 heteroatoms. The highest BCUT2D eigenvalue weighted by Gasteiger charge is 2.22. The van der Waals surface area contributed by atoms with Gasteiger partial charge in [0.2, 0.25) is 6.54 Å². The van der Waals surface area contributed by atoms with Gasteiger partial charge in [-0.2, -0.15) is 0 Å². The Morgan fingerprint density at radius 3 is 2.37 bits per heavy atom. The lowest BCUT2D eigenvalue weighted by Crippen LogP contribution is -2.14. The highest BCUT2D eigenvalue weighted by atomic mass is 35.5. The van der Waals surface area contributed by atoms with Crippen LogP contribution in [0.3, 0.4) is 0 Å². The van der Waals surface area contributed by atoms with Gasteiger partial charge in [-0.05, 0) is 23.8 Å². The van der Waals surface area contributed by atoms with Crippen LogP contribution in [0.2, 0.25) is 5.02 Å². The molecule has 0 unspecified atom stereocenters. The quantitative estimate of drug-likeness (QED) is 0.688. The van der Waals surface area contributed by atoms with Gasteiger partial charge < -0.3 is 5.11 Å². The van der Waals surface area contributed by atoms with Crippen molar-refractivity contribution in [2.45, 2.75) is 5.92 Å². The fraction of sp³-hybridized carbons (Fsp3) is 0.143. The third kappa shape index (κ3) is 3.23. The largest absolute Gasteiger partial charge is 0.508 e. The van der Waals surface area contributed by atoms with E-state index in [4.69, 9.17) is 11.6 Å². The number of halogens is 1. The summed E-state index contributed by atoms with van der Waals surface area (Å²) in [5, 5.41) is 21.3. The Bertz CT molecular complexity index is 583. The molecule has 2 rings (SSSR count). The molecule has 0 amide bonds. The highest BCUT2D eigenvalue weighted by molar-refractivity contribution is 6.30. The molecule has 4 nitrogen and oxygen atoms in total. The standard InChI is InChI=1S/C14H12ClNO3/c15-11-7-5-10(6-8-11)13(9-16(18)19)12-3-1-2-4-14(12)17/h1-8,13,17H,9H2/t13-/m0/s1. The first kappa shape index (κ1) is 13.4. The molecule has 0 aromatic heterocycles. The first-order valence-corrected chi connectivity index (χ1v) is 6.11. The van der Waals surface area contributed by atoms with E-state index in [0.717, 1.165) is 5.56 Å². The van der Waals surface area contributed by atoms with Crippen molar-refractivity contribution in [1.29, 1.82) is 0 Å². The molecule has 0 aliphatic rings. The van der Waals surface area contributed by atoms with Gasteiger partial charge in [0.25, 0.3) is 0 Å². The van der Waals surface area contributed by atoms with Crippen LogP contribution in [0.25, 0.3) is 0 Å². The van der Waals surface area contributed by atoms with Crippen molar-refractivity contribution >= 4 is 11.6 Å². The van der Waals surface area contributed by atoms with Crippen LogP contribution in [0, 0.1) is 10.1 Å². The molecule has 0 spiro atoms. The summed E-state index contributed by atoms with van der Waals surface area (Å²) in [4.78, 5) is 10.4. The van der Waals surface area contributed by atoms with E-state index < -0.39 is 5.92 Å². The van der Waals surface area contributed by atoms with Gasteiger partial charge in [-0.1, -0.05) is 41.9 Å². The molecule has 1 atom stereocenters. The van der Waals surface area contributed by atoms with Gasteiger partial charge in [-0.15, -0.1) is 0 Å². The zero-order chi connectivity index (χ0) is 13.8. The van der Waals surface area contributed by atoms with E-state index in [1.54, 1.807) is 42.5 Å². The first-order chi connectivity index (χ1) is 9.08. The van der Waals surface area contributed by atoms with Crippen molar-refractivity contribution < 1.29 is 10.0 Å². The summed E-state index contributed by atoms with van der Waals surface area (Å²) in [6.07, 6.45) is 0. The summed E-state index contributed by atoms with van der Waals surface area (Å²) < 4.78 is 0. The van der Waals surface area contributed by atoms with Gasteiger partial charge in [-0.3, -0.25) is 10.1 Å². The molecule has 2 aromatic rings. The number of nitrogens with zero attached hydrogens (tertiary/aromatic N) is 1. The molecule has 0 aliphatic carbocycles. The normalized spacial score (nSPS) is 12.1. The SMILES string of the molecule is O=[N+]([O-])C[C@@H](c1ccc(Cl)cc1)c1ccccc1O. The summed E-state index contributed by atoms with van der Waals surface area (Å²) in [5.74, 6) is -0.433. The highest BCUT2D eigenvalue weighted by Crippen LogP contribution is 2.31. The van der Waals surface area contributed by atoms with E-state index in [9.17, 15) is 15.2 Å². The Morgan fingerprint density at radius 1 is 1.16 bits per heavy atom. The number of phenols is 1. The number of rotatable bonds is 4. The van der Waals surface area contributed by atoms with Crippen LogP contribution in [0.15, 0.2) is 48.5 Å². The molecule has 0 aliphatic heterocycles. The zero-order valence-corrected chi connectivity index (χ0v) is 10.7. The lowest BCUT2D eigenvalue weighted by atomic mass is 9.91. The van der Waals surface area contributed by atoms with Crippen molar-refractivity contribution in [3.63, 3.8) is 0 Å². The van der Waals surface area contributed by atoms with E-state index in [2.05, 4.69) is 0 Å². The second-order valence-electron chi connectivity index (χ2n) is 4.18. The molecule has 0 saturated carbocycles. The summed E-state index contributed by atoms with van der Waals surface area (Å²) >= 11 is 5.82. The van der Waals surface area contributed by atoms with Crippen LogP contribution >= 0.6 is 11.6 Å². The van der Waals surface area contributed by atoms with Gasteiger partial charge in [0.05, 0.1) is 5.92 Å². The monoisotopic (exact) mass is 277 g/mol. The topological polar surface area (TPSA) is 63.4 Å². The maximum Gasteiger partial charge on any atom is 0.214 e. The van der Waals surface area contributed by atoms with Crippen molar-refractivity contribution in [2.24, 2.45) is 0 Å². The van der Waals surface area contributed by atoms with Crippen LogP contribution in [0.4, 0.5) is 0 Å². The minimum Gasteiger partial charge on any atom is -0.508 e. The third-order valence-electron chi connectivity index (χ3n) is 2.92. The summed E-state index contributed by atoms with van der Waals surface area (Å²) in [7, 11) is 0. The minimum absolute atomic E-state index is 0.0595. The average Bonchev–Trinajstić information content (AvgIpc) is 2.38. The predicted octanol–water partition coefficient (Wildman–Crippen LogP) is 3.45. The van der Waals surface area contributed by atoms with E-state index in [-0.39, 0.29) is 17.2 Å². The van der Waals surface area contributed by atoms with Gasteiger partial charge in [-0.25, -0.2) is 0 Å². The Labute approximate surface area is 115 Å². The molecule has 0 bridgehead atoms. The third-order valence-corrected chi connectivity index (χ3v) is 3.17. The number of benzene rings is 2. The van der Waals surface area contributed by atoms with Crippen molar-refractivity contribution in [3.8, 4) is 5.75 Å². The number of hydrogen-bond acceptors (Lipinski definition) is 3. The van der Waals surface area contributed by atoms with Crippen molar-refractivity contribution in [3.05, 3.63) is 74.8 Å². The Kier molecular flexibility index (Phi) is 4.02. The molecule has 1 N–H and O–H groups in total. The van der Waals surface area contributed by atoms with E-state index in [1.807, 2.05) is 0 Å². The van der Waals surface area contributed by atoms with Crippen LogP contribution < -0.4 is 0 Å².